The molecule has 1 aliphatic rings. The molecule has 1 N–H and O–H groups in total. The van der Waals surface area contributed by atoms with Crippen molar-refractivity contribution in [3.8, 4) is 0 Å². The minimum Gasteiger partial charge on any atom is -0.387 e. The van der Waals surface area contributed by atoms with Gasteiger partial charge in [-0.3, -0.25) is 4.99 Å². The summed E-state index contributed by atoms with van der Waals surface area (Å²) in [4.78, 5) is 4.80. The lowest BCUT2D eigenvalue weighted by molar-refractivity contribution is 0.227. The molecule has 1 aliphatic carbocycles. The summed E-state index contributed by atoms with van der Waals surface area (Å²) in [7, 11) is 1.79. The third-order valence-corrected chi connectivity index (χ3v) is 3.68. The van der Waals surface area contributed by atoms with Crippen molar-refractivity contribution < 1.29 is 4.39 Å². The molecular formula is C18H29FN2. The lowest BCUT2D eigenvalue weighted by Crippen LogP contribution is -2.29. The van der Waals surface area contributed by atoms with E-state index in [4.69, 9.17) is 4.99 Å². The summed E-state index contributed by atoms with van der Waals surface area (Å²) in [6.07, 6.45) is 7.59. The van der Waals surface area contributed by atoms with Crippen molar-refractivity contribution >= 4 is 5.71 Å². The van der Waals surface area contributed by atoms with Crippen molar-refractivity contribution in [2.45, 2.75) is 58.7 Å². The van der Waals surface area contributed by atoms with Crippen LogP contribution in [0.4, 0.5) is 4.39 Å². The van der Waals surface area contributed by atoms with E-state index in [9.17, 15) is 4.39 Å². The lowest BCUT2D eigenvalue weighted by Gasteiger charge is -2.28. The Morgan fingerprint density at radius 2 is 2.14 bits per heavy atom. The highest BCUT2D eigenvalue weighted by Crippen LogP contribution is 2.29. The topological polar surface area (TPSA) is 24.4 Å². The van der Waals surface area contributed by atoms with Gasteiger partial charge in [-0.15, -0.1) is 0 Å². The van der Waals surface area contributed by atoms with E-state index in [0.29, 0.717) is 17.3 Å². The Morgan fingerprint density at radius 3 is 2.52 bits per heavy atom. The summed E-state index contributed by atoms with van der Waals surface area (Å²) >= 11 is 0. The minimum absolute atomic E-state index is 0.261. The number of aliphatic imine (C=N–C) groups is 1. The third kappa shape index (κ3) is 5.49. The van der Waals surface area contributed by atoms with Crippen molar-refractivity contribution in [1.29, 1.82) is 0 Å². The maximum absolute atomic E-state index is 14.0. The number of nitrogens with one attached hydrogen (secondary N) is 1. The second-order valence-corrected chi connectivity index (χ2v) is 6.94. The highest BCUT2D eigenvalue weighted by Gasteiger charge is 2.26. The number of hydrogen-bond donors (Lipinski definition) is 1. The molecule has 1 rings (SSSR count). The molecule has 118 valence electrons. The molecule has 0 aromatic carbocycles. The van der Waals surface area contributed by atoms with E-state index >= 15 is 0 Å². The van der Waals surface area contributed by atoms with Gasteiger partial charge in [0.2, 0.25) is 0 Å². The smallest absolute Gasteiger partial charge is 0.111 e. The zero-order valence-corrected chi connectivity index (χ0v) is 14.3. The van der Waals surface area contributed by atoms with Gasteiger partial charge in [0.1, 0.15) is 5.67 Å². The Morgan fingerprint density at radius 1 is 1.52 bits per heavy atom. The molecule has 0 aromatic rings. The Hall–Kier alpha value is -1.38. The van der Waals surface area contributed by atoms with Crippen LogP contribution in [0.5, 0.6) is 0 Å². The number of rotatable bonds is 6. The van der Waals surface area contributed by atoms with Gasteiger partial charge in [-0.05, 0) is 38.7 Å². The van der Waals surface area contributed by atoms with Crippen molar-refractivity contribution in [2.24, 2.45) is 10.9 Å². The zero-order chi connectivity index (χ0) is 16.3. The molecule has 0 fully saturated rings. The molecule has 0 aromatic heterocycles. The molecule has 1 unspecified atom stereocenters. The second-order valence-electron chi connectivity index (χ2n) is 6.94. The van der Waals surface area contributed by atoms with Gasteiger partial charge in [-0.2, -0.15) is 0 Å². The van der Waals surface area contributed by atoms with E-state index in [-0.39, 0.29) is 12.0 Å². The molecule has 0 bridgehead atoms. The number of halogens is 1. The molecule has 21 heavy (non-hydrogen) atoms. The van der Waals surface area contributed by atoms with Crippen LogP contribution in [0.2, 0.25) is 0 Å². The first-order valence-electron chi connectivity index (χ1n) is 7.60. The monoisotopic (exact) mass is 292 g/mol. The molecule has 1 atom stereocenters. The summed E-state index contributed by atoms with van der Waals surface area (Å²) in [5.74, 6) is 0.520. The molecule has 0 amide bonds. The molecule has 0 heterocycles. The summed E-state index contributed by atoms with van der Waals surface area (Å²) in [5, 5.41) is 2.99. The highest BCUT2D eigenvalue weighted by molar-refractivity contribution is 6.00. The van der Waals surface area contributed by atoms with E-state index in [2.05, 4.69) is 50.9 Å². The second kappa shape index (κ2) is 6.59. The van der Waals surface area contributed by atoms with Gasteiger partial charge in [0.25, 0.3) is 0 Å². The normalized spacial score (nSPS) is 23.2. The lowest BCUT2D eigenvalue weighted by atomic mass is 9.87. The van der Waals surface area contributed by atoms with Crippen LogP contribution in [-0.4, -0.2) is 24.0 Å². The standard InChI is InChI=1S/C18H29FN2/c1-13(2)15-8-10-18(6,11-9-15)21-16(14(3)20-7)12-17(4,5)19/h8-10,13,20H,3,11-12H2,1-2,4-7H3. The van der Waals surface area contributed by atoms with Crippen LogP contribution in [0, 0.1) is 5.92 Å². The molecule has 0 saturated carbocycles. The molecule has 0 spiro atoms. The maximum Gasteiger partial charge on any atom is 0.111 e. The first-order valence-corrected chi connectivity index (χ1v) is 7.60. The average molecular weight is 292 g/mol. The molecule has 0 aliphatic heterocycles. The van der Waals surface area contributed by atoms with Gasteiger partial charge in [0, 0.05) is 19.2 Å². The first kappa shape index (κ1) is 17.7. The Kier molecular flexibility index (Phi) is 5.54. The SMILES string of the molecule is C=C(NC)C(CC(C)(C)F)=NC1(C)C=CC(C(C)C)=CC1. The van der Waals surface area contributed by atoms with Crippen LogP contribution in [-0.2, 0) is 0 Å². The van der Waals surface area contributed by atoms with Crippen molar-refractivity contribution in [3.05, 3.63) is 36.1 Å². The highest BCUT2D eigenvalue weighted by atomic mass is 19.1. The maximum atomic E-state index is 14.0. The fourth-order valence-electron chi connectivity index (χ4n) is 2.31. The van der Waals surface area contributed by atoms with Crippen LogP contribution in [0.25, 0.3) is 0 Å². The van der Waals surface area contributed by atoms with Gasteiger partial charge < -0.3 is 5.32 Å². The Balaban J connectivity index is 3.01. The number of allylic oxidation sites excluding steroid dienone is 3. The van der Waals surface area contributed by atoms with Crippen LogP contribution in [0.1, 0.15) is 47.5 Å². The van der Waals surface area contributed by atoms with Gasteiger partial charge in [0.05, 0.1) is 11.3 Å². The predicted molar refractivity (Wildman–Crippen MR) is 90.5 cm³/mol. The zero-order valence-electron chi connectivity index (χ0n) is 14.3. The van der Waals surface area contributed by atoms with Gasteiger partial charge >= 0.3 is 0 Å². The summed E-state index contributed by atoms with van der Waals surface area (Å²) < 4.78 is 14.0. The van der Waals surface area contributed by atoms with Gasteiger partial charge in [-0.25, -0.2) is 4.39 Å². The van der Waals surface area contributed by atoms with Crippen molar-refractivity contribution in [1.82, 2.24) is 5.32 Å². The van der Waals surface area contributed by atoms with E-state index in [1.165, 1.54) is 5.57 Å². The average Bonchev–Trinajstić information content (AvgIpc) is 2.35. The predicted octanol–water partition coefficient (Wildman–Crippen LogP) is 4.60. The van der Waals surface area contributed by atoms with Gasteiger partial charge in [-0.1, -0.05) is 38.7 Å². The Labute approximate surface area is 128 Å². The number of alkyl halides is 1. The third-order valence-electron chi connectivity index (χ3n) is 3.68. The van der Waals surface area contributed by atoms with E-state index in [1.807, 2.05) is 0 Å². The van der Waals surface area contributed by atoms with Gasteiger partial charge in [0.15, 0.2) is 0 Å². The van der Waals surface area contributed by atoms with E-state index in [1.54, 1.807) is 20.9 Å². The quantitative estimate of drug-likeness (QED) is 0.711. The van der Waals surface area contributed by atoms with Crippen LogP contribution < -0.4 is 5.32 Å². The number of hydrogen-bond acceptors (Lipinski definition) is 2. The molecule has 3 heteroatoms. The van der Waals surface area contributed by atoms with E-state index in [0.717, 1.165) is 6.42 Å². The molecule has 0 saturated heterocycles. The molecule has 0 radical (unpaired) electrons. The van der Waals surface area contributed by atoms with Crippen LogP contribution in [0.15, 0.2) is 41.1 Å². The summed E-state index contributed by atoms with van der Waals surface area (Å²) in [6, 6.07) is 0. The fraction of sp³-hybridized carbons (Fsp3) is 0.611. The van der Waals surface area contributed by atoms with Crippen molar-refractivity contribution in [2.75, 3.05) is 7.05 Å². The van der Waals surface area contributed by atoms with Crippen molar-refractivity contribution in [3.63, 3.8) is 0 Å². The van der Waals surface area contributed by atoms with Crippen LogP contribution >= 0.6 is 0 Å². The number of nitrogens with zero attached hydrogens (tertiary/aromatic N) is 1. The molecule has 2 nitrogen and oxygen atoms in total. The fourth-order valence-corrected chi connectivity index (χ4v) is 2.31. The minimum atomic E-state index is -1.30. The summed E-state index contributed by atoms with van der Waals surface area (Å²) in [5.41, 5.74) is 1.11. The largest absolute Gasteiger partial charge is 0.387 e. The Bertz CT molecular complexity index is 478. The van der Waals surface area contributed by atoms with Crippen LogP contribution in [0.3, 0.4) is 0 Å². The molecular weight excluding hydrogens is 263 g/mol. The van der Waals surface area contributed by atoms with E-state index < -0.39 is 5.67 Å². The summed E-state index contributed by atoms with van der Waals surface area (Å²) in [6.45, 7) is 13.5. The first-order chi connectivity index (χ1) is 9.56.